The molecule has 1 atom stereocenters. The lowest BCUT2D eigenvalue weighted by atomic mass is 9.82. The Bertz CT molecular complexity index is 632. The molecule has 1 aliphatic rings. The van der Waals surface area contributed by atoms with Gasteiger partial charge in [-0.15, -0.1) is 0 Å². The summed E-state index contributed by atoms with van der Waals surface area (Å²) in [5.41, 5.74) is -1.06. The number of benzene rings is 1. The van der Waals surface area contributed by atoms with Crippen LogP contribution in [0.15, 0.2) is 24.3 Å². The van der Waals surface area contributed by atoms with Gasteiger partial charge in [-0.1, -0.05) is 6.07 Å². The van der Waals surface area contributed by atoms with Gasteiger partial charge in [-0.2, -0.15) is 0 Å². The molecular weight excluding hydrogens is 304 g/mol. The van der Waals surface area contributed by atoms with Gasteiger partial charge >= 0.3 is 5.97 Å². The van der Waals surface area contributed by atoms with Crippen LogP contribution in [-0.2, 0) is 9.59 Å². The number of hydrogen-bond acceptors (Lipinski definition) is 5. The number of nitro groups is 1. The molecule has 1 N–H and O–H groups in total. The molecule has 0 bridgehead atoms. The van der Waals surface area contributed by atoms with Crippen molar-refractivity contribution in [3.8, 4) is 5.75 Å². The van der Waals surface area contributed by atoms with Crippen LogP contribution in [0.4, 0.5) is 5.69 Å². The molecule has 2 rings (SSSR count). The van der Waals surface area contributed by atoms with Crippen molar-refractivity contribution in [2.24, 2.45) is 5.41 Å². The Kier molecular flexibility index (Phi) is 4.83. The molecule has 1 aromatic rings. The zero-order valence-corrected chi connectivity index (χ0v) is 12.7. The number of nitro benzene ring substituents is 1. The molecule has 0 spiro atoms. The van der Waals surface area contributed by atoms with Crippen molar-refractivity contribution >= 4 is 17.6 Å². The Morgan fingerprint density at radius 2 is 2.22 bits per heavy atom. The van der Waals surface area contributed by atoms with Crippen molar-refractivity contribution in [1.82, 2.24) is 4.90 Å². The molecule has 124 valence electrons. The number of carboxylic acids is 1. The molecule has 23 heavy (non-hydrogen) atoms. The highest BCUT2D eigenvalue weighted by atomic mass is 16.6. The first-order valence-corrected chi connectivity index (χ1v) is 7.20. The maximum Gasteiger partial charge on any atom is 0.311 e. The largest absolute Gasteiger partial charge is 0.484 e. The second-order valence-electron chi connectivity index (χ2n) is 5.83. The highest BCUT2D eigenvalue weighted by Crippen LogP contribution is 2.29. The van der Waals surface area contributed by atoms with Crippen molar-refractivity contribution in [2.75, 3.05) is 19.7 Å². The lowest BCUT2D eigenvalue weighted by molar-refractivity contribution is -0.384. The number of nitrogens with zero attached hydrogens (tertiary/aromatic N) is 2. The lowest BCUT2D eigenvalue weighted by Crippen LogP contribution is -2.49. The fourth-order valence-corrected chi connectivity index (χ4v) is 2.55. The van der Waals surface area contributed by atoms with E-state index in [0.29, 0.717) is 19.4 Å². The fourth-order valence-electron chi connectivity index (χ4n) is 2.55. The molecule has 1 aliphatic heterocycles. The van der Waals surface area contributed by atoms with E-state index in [0.717, 1.165) is 0 Å². The maximum absolute atomic E-state index is 12.2. The molecule has 1 aromatic carbocycles. The Hall–Kier alpha value is -2.64. The fraction of sp³-hybridized carbons (Fsp3) is 0.467. The number of aliphatic carboxylic acids is 1. The monoisotopic (exact) mass is 322 g/mol. The zero-order chi connectivity index (χ0) is 17.0. The summed E-state index contributed by atoms with van der Waals surface area (Å²) in [5, 5.41) is 19.9. The van der Waals surface area contributed by atoms with Gasteiger partial charge in [0.2, 0.25) is 0 Å². The van der Waals surface area contributed by atoms with Gasteiger partial charge in [0, 0.05) is 19.2 Å². The topological polar surface area (TPSA) is 110 Å². The molecule has 0 aliphatic carbocycles. The number of non-ortho nitro benzene ring substituents is 1. The first-order chi connectivity index (χ1) is 10.8. The van der Waals surface area contributed by atoms with Crippen molar-refractivity contribution in [1.29, 1.82) is 0 Å². The van der Waals surface area contributed by atoms with Gasteiger partial charge < -0.3 is 14.7 Å². The van der Waals surface area contributed by atoms with E-state index in [9.17, 15) is 24.8 Å². The SMILES string of the molecule is CC1(C(=O)O)CCCN(C(=O)COc2cccc([N+](=O)[O-])c2)C1. The average molecular weight is 322 g/mol. The average Bonchev–Trinajstić information content (AvgIpc) is 2.52. The molecule has 1 unspecified atom stereocenters. The van der Waals surface area contributed by atoms with E-state index in [2.05, 4.69) is 0 Å². The van der Waals surface area contributed by atoms with Crippen molar-refractivity contribution < 1.29 is 24.4 Å². The van der Waals surface area contributed by atoms with E-state index < -0.39 is 16.3 Å². The van der Waals surface area contributed by atoms with Gasteiger partial charge in [0.05, 0.1) is 16.4 Å². The van der Waals surface area contributed by atoms with E-state index in [1.165, 1.54) is 29.2 Å². The third-order valence-electron chi connectivity index (χ3n) is 3.96. The second kappa shape index (κ2) is 6.64. The van der Waals surface area contributed by atoms with E-state index in [-0.39, 0.29) is 30.5 Å². The summed E-state index contributed by atoms with van der Waals surface area (Å²) in [5.74, 6) is -1.02. The van der Waals surface area contributed by atoms with Gasteiger partial charge in [-0.3, -0.25) is 19.7 Å². The highest BCUT2D eigenvalue weighted by Gasteiger charge is 2.39. The van der Waals surface area contributed by atoms with Crippen molar-refractivity contribution in [3.63, 3.8) is 0 Å². The first-order valence-electron chi connectivity index (χ1n) is 7.20. The predicted octanol–water partition coefficient (Wildman–Crippen LogP) is 1.69. The highest BCUT2D eigenvalue weighted by molar-refractivity contribution is 5.80. The third-order valence-corrected chi connectivity index (χ3v) is 3.96. The molecule has 1 amide bonds. The molecule has 1 heterocycles. The van der Waals surface area contributed by atoms with Gasteiger partial charge in [-0.05, 0) is 25.8 Å². The summed E-state index contributed by atoms with van der Waals surface area (Å²) in [7, 11) is 0. The minimum Gasteiger partial charge on any atom is -0.484 e. The number of rotatable bonds is 5. The number of likely N-dealkylation sites (tertiary alicyclic amines) is 1. The number of carbonyl (C=O) groups is 2. The maximum atomic E-state index is 12.2. The minimum atomic E-state index is -0.945. The molecular formula is C15H18N2O6. The Labute approximate surface area is 132 Å². The van der Waals surface area contributed by atoms with E-state index in [1.54, 1.807) is 6.92 Å². The quantitative estimate of drug-likeness (QED) is 0.652. The van der Waals surface area contributed by atoms with E-state index >= 15 is 0 Å². The molecule has 8 nitrogen and oxygen atoms in total. The van der Waals surface area contributed by atoms with Gasteiger partial charge in [0.1, 0.15) is 5.75 Å². The number of carbonyl (C=O) groups excluding carboxylic acids is 1. The van der Waals surface area contributed by atoms with Crippen LogP contribution in [0.2, 0.25) is 0 Å². The van der Waals surface area contributed by atoms with Crippen LogP contribution in [0.1, 0.15) is 19.8 Å². The summed E-state index contributed by atoms with van der Waals surface area (Å²) in [6.45, 7) is 1.96. The molecule has 1 saturated heterocycles. The summed E-state index contributed by atoms with van der Waals surface area (Å²) < 4.78 is 5.30. The van der Waals surface area contributed by atoms with E-state index in [1.807, 2.05) is 0 Å². The Balaban J connectivity index is 1.96. The van der Waals surface area contributed by atoms with Crippen LogP contribution in [0.25, 0.3) is 0 Å². The number of piperidine rings is 1. The molecule has 0 aromatic heterocycles. The van der Waals surface area contributed by atoms with Crippen LogP contribution in [-0.4, -0.2) is 46.5 Å². The number of ether oxygens (including phenoxy) is 1. The normalized spacial score (nSPS) is 20.8. The predicted molar refractivity (Wildman–Crippen MR) is 80.1 cm³/mol. The zero-order valence-electron chi connectivity index (χ0n) is 12.7. The summed E-state index contributed by atoms with van der Waals surface area (Å²) >= 11 is 0. The van der Waals surface area contributed by atoms with Gasteiger partial charge in [-0.25, -0.2) is 0 Å². The smallest absolute Gasteiger partial charge is 0.311 e. The number of hydrogen-bond donors (Lipinski definition) is 1. The number of carboxylic acid groups (broad SMARTS) is 1. The van der Waals surface area contributed by atoms with Crippen LogP contribution < -0.4 is 4.74 Å². The third kappa shape index (κ3) is 3.97. The van der Waals surface area contributed by atoms with Crippen LogP contribution in [0.3, 0.4) is 0 Å². The van der Waals surface area contributed by atoms with Crippen LogP contribution in [0.5, 0.6) is 5.75 Å². The molecule has 0 saturated carbocycles. The van der Waals surface area contributed by atoms with Crippen molar-refractivity contribution in [2.45, 2.75) is 19.8 Å². The van der Waals surface area contributed by atoms with Crippen LogP contribution >= 0.6 is 0 Å². The Morgan fingerprint density at radius 1 is 1.48 bits per heavy atom. The minimum absolute atomic E-state index is 0.119. The van der Waals surface area contributed by atoms with Gasteiger partial charge in [0.15, 0.2) is 6.61 Å². The molecule has 0 radical (unpaired) electrons. The second-order valence-corrected chi connectivity index (χ2v) is 5.83. The molecule has 8 heteroatoms. The first kappa shape index (κ1) is 16.7. The standard InChI is InChI=1S/C15H18N2O6/c1-15(14(19)20)6-3-7-16(10-15)13(18)9-23-12-5-2-4-11(8-12)17(21)22/h2,4-5,8H,3,6-7,9-10H2,1H3,(H,19,20). The number of amides is 1. The van der Waals surface area contributed by atoms with Crippen molar-refractivity contribution in [3.05, 3.63) is 34.4 Å². The summed E-state index contributed by atoms with van der Waals surface area (Å²) in [6, 6.07) is 5.57. The summed E-state index contributed by atoms with van der Waals surface area (Å²) in [4.78, 5) is 35.1. The Morgan fingerprint density at radius 3 is 2.87 bits per heavy atom. The van der Waals surface area contributed by atoms with Crippen LogP contribution in [0, 0.1) is 15.5 Å². The molecule has 1 fully saturated rings. The summed E-state index contributed by atoms with van der Waals surface area (Å²) in [6.07, 6.45) is 1.14. The lowest BCUT2D eigenvalue weighted by Gasteiger charge is -2.37. The van der Waals surface area contributed by atoms with E-state index in [4.69, 9.17) is 4.74 Å². The van der Waals surface area contributed by atoms with Gasteiger partial charge in [0.25, 0.3) is 11.6 Å².